The van der Waals surface area contributed by atoms with Crippen molar-refractivity contribution in [3.05, 3.63) is 53.9 Å². The zero-order valence-corrected chi connectivity index (χ0v) is 9.05. The van der Waals surface area contributed by atoms with Crippen LogP contribution in [-0.4, -0.2) is 21.5 Å². The molecule has 0 amide bonds. The smallest absolute Gasteiger partial charge is 0.298 e. The van der Waals surface area contributed by atoms with Crippen molar-refractivity contribution in [3.8, 4) is 0 Å². The molecule has 0 radical (unpaired) electrons. The summed E-state index contributed by atoms with van der Waals surface area (Å²) in [5, 5.41) is 12.4. The molecule has 0 saturated carbocycles. The lowest BCUT2D eigenvalue weighted by molar-refractivity contribution is -0.0556. The second-order valence-corrected chi connectivity index (χ2v) is 3.77. The van der Waals surface area contributed by atoms with Gasteiger partial charge >= 0.3 is 0 Å². The van der Waals surface area contributed by atoms with Crippen LogP contribution < -0.4 is 0 Å². The minimum Gasteiger partial charge on any atom is -0.390 e. The van der Waals surface area contributed by atoms with Crippen LogP contribution in [0.1, 0.15) is 11.1 Å². The maximum Gasteiger partial charge on any atom is 0.298 e. The Labute approximate surface area is 97.3 Å². The van der Waals surface area contributed by atoms with E-state index in [-0.39, 0.29) is 5.56 Å². The quantitative estimate of drug-likeness (QED) is 0.884. The summed E-state index contributed by atoms with van der Waals surface area (Å²) in [6, 6.07) is 9.43. The number of benzene rings is 1. The molecule has 90 valence electrons. The molecular formula is C12H12F2N2O. The summed E-state index contributed by atoms with van der Waals surface area (Å²) in [4.78, 5) is 0. The van der Waals surface area contributed by atoms with E-state index in [9.17, 15) is 8.78 Å². The highest BCUT2D eigenvalue weighted by atomic mass is 19.3. The number of hydrogen-bond acceptors (Lipinski definition) is 2. The zero-order valence-electron chi connectivity index (χ0n) is 9.05. The van der Waals surface area contributed by atoms with E-state index in [1.165, 1.54) is 10.9 Å². The van der Waals surface area contributed by atoms with Gasteiger partial charge in [0.15, 0.2) is 0 Å². The molecule has 1 N–H and O–H groups in total. The molecule has 3 nitrogen and oxygen atoms in total. The number of rotatable bonds is 4. The van der Waals surface area contributed by atoms with Crippen LogP contribution in [0.5, 0.6) is 0 Å². The predicted octanol–water partition coefficient (Wildman–Crippen LogP) is 2.02. The summed E-state index contributed by atoms with van der Waals surface area (Å²) in [7, 11) is 0. The average molecular weight is 238 g/mol. The molecule has 0 aliphatic rings. The fourth-order valence-corrected chi connectivity index (χ4v) is 1.50. The van der Waals surface area contributed by atoms with Crippen LogP contribution in [0.4, 0.5) is 8.78 Å². The Morgan fingerprint density at radius 1 is 1.24 bits per heavy atom. The molecule has 1 aromatic carbocycles. The third-order valence-electron chi connectivity index (χ3n) is 2.44. The van der Waals surface area contributed by atoms with Gasteiger partial charge in [0.25, 0.3) is 5.92 Å². The minimum absolute atomic E-state index is 0.268. The number of aliphatic hydroxyl groups is 1. The van der Waals surface area contributed by atoms with E-state index in [0.717, 1.165) is 11.8 Å². The largest absolute Gasteiger partial charge is 0.390 e. The van der Waals surface area contributed by atoms with Gasteiger partial charge in [0, 0.05) is 6.20 Å². The minimum atomic E-state index is -3.23. The molecule has 2 aromatic rings. The number of halogens is 2. The Morgan fingerprint density at radius 2 is 1.94 bits per heavy atom. The van der Waals surface area contributed by atoms with Crippen molar-refractivity contribution in [3.63, 3.8) is 0 Å². The molecule has 2 rings (SSSR count). The van der Waals surface area contributed by atoms with E-state index < -0.39 is 12.5 Å². The van der Waals surface area contributed by atoms with Gasteiger partial charge in [-0.2, -0.15) is 13.9 Å². The van der Waals surface area contributed by atoms with Gasteiger partial charge in [-0.15, -0.1) is 0 Å². The van der Waals surface area contributed by atoms with Crippen molar-refractivity contribution in [2.45, 2.75) is 12.5 Å². The predicted molar refractivity (Wildman–Crippen MR) is 58.8 cm³/mol. The van der Waals surface area contributed by atoms with Crippen molar-refractivity contribution < 1.29 is 13.9 Å². The number of aliphatic hydroxyl groups excluding tert-OH is 1. The lowest BCUT2D eigenvalue weighted by Gasteiger charge is -2.09. The SMILES string of the molecule is OCC(F)(F)c1cnn(Cc2ccccc2)c1. The topological polar surface area (TPSA) is 38.1 Å². The molecule has 0 fully saturated rings. The number of hydrogen-bond donors (Lipinski definition) is 1. The van der Waals surface area contributed by atoms with Crippen LogP contribution in [0, 0.1) is 0 Å². The van der Waals surface area contributed by atoms with Crippen LogP contribution in [0.15, 0.2) is 42.7 Å². The number of aromatic nitrogens is 2. The van der Waals surface area contributed by atoms with E-state index in [2.05, 4.69) is 5.10 Å². The highest BCUT2D eigenvalue weighted by Crippen LogP contribution is 2.26. The van der Waals surface area contributed by atoms with E-state index in [1.54, 1.807) is 0 Å². The summed E-state index contributed by atoms with van der Waals surface area (Å²) in [6.07, 6.45) is 2.34. The molecule has 0 atom stereocenters. The molecule has 0 aliphatic heterocycles. The van der Waals surface area contributed by atoms with Crippen LogP contribution in [0.3, 0.4) is 0 Å². The van der Waals surface area contributed by atoms with Gasteiger partial charge in [0.1, 0.15) is 6.61 Å². The third kappa shape index (κ3) is 2.68. The normalized spacial score (nSPS) is 11.7. The molecule has 5 heteroatoms. The first-order chi connectivity index (χ1) is 8.12. The molecule has 0 bridgehead atoms. The Kier molecular flexibility index (Phi) is 3.19. The molecule has 0 aliphatic carbocycles. The highest BCUT2D eigenvalue weighted by Gasteiger charge is 2.31. The maximum atomic E-state index is 13.1. The fraction of sp³-hybridized carbons (Fsp3) is 0.250. The Hall–Kier alpha value is -1.75. The maximum absolute atomic E-state index is 13.1. The van der Waals surface area contributed by atoms with Gasteiger partial charge in [-0.05, 0) is 5.56 Å². The Bertz CT molecular complexity index is 482. The highest BCUT2D eigenvalue weighted by molar-refractivity contribution is 5.17. The fourth-order valence-electron chi connectivity index (χ4n) is 1.50. The standard InChI is InChI=1S/C12H12F2N2O/c13-12(14,9-17)11-6-15-16(8-11)7-10-4-2-1-3-5-10/h1-6,8,17H,7,9H2. The summed E-state index contributed by atoms with van der Waals surface area (Å²) < 4.78 is 27.7. The van der Waals surface area contributed by atoms with Crippen molar-refractivity contribution in [1.82, 2.24) is 9.78 Å². The third-order valence-corrected chi connectivity index (χ3v) is 2.44. The molecule has 17 heavy (non-hydrogen) atoms. The van der Waals surface area contributed by atoms with Crippen molar-refractivity contribution in [2.24, 2.45) is 0 Å². The van der Waals surface area contributed by atoms with Crippen molar-refractivity contribution in [1.29, 1.82) is 0 Å². The van der Waals surface area contributed by atoms with E-state index in [4.69, 9.17) is 5.11 Å². The molecular weight excluding hydrogens is 226 g/mol. The molecule has 1 heterocycles. The van der Waals surface area contributed by atoms with Crippen LogP contribution in [0.25, 0.3) is 0 Å². The molecule has 0 saturated heterocycles. The second-order valence-electron chi connectivity index (χ2n) is 3.77. The van der Waals surface area contributed by atoms with Crippen molar-refractivity contribution >= 4 is 0 Å². The van der Waals surface area contributed by atoms with E-state index in [1.807, 2.05) is 30.3 Å². The summed E-state index contributed by atoms with van der Waals surface area (Å²) in [5.74, 6) is -3.23. The van der Waals surface area contributed by atoms with Crippen LogP contribution in [0.2, 0.25) is 0 Å². The van der Waals surface area contributed by atoms with Gasteiger partial charge in [-0.3, -0.25) is 4.68 Å². The monoisotopic (exact) mass is 238 g/mol. The van der Waals surface area contributed by atoms with Gasteiger partial charge < -0.3 is 5.11 Å². The first-order valence-electron chi connectivity index (χ1n) is 5.17. The molecule has 0 unspecified atom stereocenters. The summed E-state index contributed by atoms with van der Waals surface area (Å²) >= 11 is 0. The Balaban J connectivity index is 2.14. The number of alkyl halides is 2. The van der Waals surface area contributed by atoms with E-state index >= 15 is 0 Å². The van der Waals surface area contributed by atoms with Crippen LogP contribution >= 0.6 is 0 Å². The lowest BCUT2D eigenvalue weighted by Crippen LogP contribution is -2.17. The van der Waals surface area contributed by atoms with Crippen molar-refractivity contribution in [2.75, 3.05) is 6.61 Å². The zero-order chi connectivity index (χ0) is 12.3. The molecule has 1 aromatic heterocycles. The van der Waals surface area contributed by atoms with Gasteiger partial charge in [0.05, 0.1) is 18.3 Å². The first-order valence-corrected chi connectivity index (χ1v) is 5.17. The average Bonchev–Trinajstić information content (AvgIpc) is 2.80. The Morgan fingerprint density at radius 3 is 2.59 bits per heavy atom. The van der Waals surface area contributed by atoms with E-state index in [0.29, 0.717) is 6.54 Å². The van der Waals surface area contributed by atoms with Gasteiger partial charge in [0.2, 0.25) is 0 Å². The van der Waals surface area contributed by atoms with Gasteiger partial charge in [-0.1, -0.05) is 30.3 Å². The number of nitrogens with zero attached hydrogens (tertiary/aromatic N) is 2. The molecule has 0 spiro atoms. The lowest BCUT2D eigenvalue weighted by atomic mass is 10.2. The first kappa shape index (κ1) is 11.7. The second kappa shape index (κ2) is 4.63. The van der Waals surface area contributed by atoms with Gasteiger partial charge in [-0.25, -0.2) is 0 Å². The van der Waals surface area contributed by atoms with Crippen LogP contribution in [-0.2, 0) is 12.5 Å². The summed E-state index contributed by atoms with van der Waals surface area (Å²) in [6.45, 7) is -0.771. The summed E-state index contributed by atoms with van der Waals surface area (Å²) in [5.41, 5.74) is 0.713.